The summed E-state index contributed by atoms with van der Waals surface area (Å²) in [7, 11) is 3.56. The number of methoxy groups -OCH3 is 1. The van der Waals surface area contributed by atoms with Crippen molar-refractivity contribution in [3.05, 3.63) is 53.0 Å². The SMILES string of the molecule is CNC1CC2(C1)CC(c1nc3cc(Cl)ccc3o1)C2.COc1cc(C=O)ccn1. The quantitative estimate of drug-likeness (QED) is 0.628. The third-order valence-corrected chi connectivity index (χ3v) is 6.18. The summed E-state index contributed by atoms with van der Waals surface area (Å²) < 4.78 is 10.6. The maximum atomic E-state index is 10.2. The van der Waals surface area contributed by atoms with Crippen molar-refractivity contribution < 1.29 is 13.9 Å². The van der Waals surface area contributed by atoms with E-state index in [1.165, 1.54) is 39.0 Å². The topological polar surface area (TPSA) is 77.3 Å². The van der Waals surface area contributed by atoms with Crippen LogP contribution in [-0.4, -0.2) is 36.5 Å². The van der Waals surface area contributed by atoms with E-state index in [2.05, 4.69) is 22.3 Å². The van der Waals surface area contributed by atoms with Gasteiger partial charge in [0.2, 0.25) is 5.88 Å². The van der Waals surface area contributed by atoms with Crippen molar-refractivity contribution in [3.63, 3.8) is 0 Å². The number of oxazole rings is 1. The second kappa shape index (κ2) is 8.13. The van der Waals surface area contributed by atoms with E-state index in [1.54, 1.807) is 12.1 Å². The number of carbonyl (C=O) groups is 1. The number of hydrogen-bond acceptors (Lipinski definition) is 6. The lowest BCUT2D eigenvalue weighted by molar-refractivity contribution is -0.0251. The van der Waals surface area contributed by atoms with Crippen LogP contribution in [0.25, 0.3) is 11.1 Å². The predicted molar refractivity (Wildman–Crippen MR) is 112 cm³/mol. The zero-order valence-corrected chi connectivity index (χ0v) is 17.3. The molecule has 1 spiro atoms. The molecule has 2 aliphatic carbocycles. The molecule has 1 N–H and O–H groups in total. The first-order valence-electron chi connectivity index (χ1n) is 9.72. The summed E-state index contributed by atoms with van der Waals surface area (Å²) in [4.78, 5) is 18.6. The number of benzene rings is 1. The number of rotatable bonds is 4. The largest absolute Gasteiger partial charge is 0.481 e. The van der Waals surface area contributed by atoms with Crippen LogP contribution in [0.5, 0.6) is 5.88 Å². The lowest BCUT2D eigenvalue weighted by atomic mass is 9.50. The summed E-state index contributed by atoms with van der Waals surface area (Å²) in [6.45, 7) is 0. The first-order chi connectivity index (χ1) is 14.0. The van der Waals surface area contributed by atoms with Crippen molar-refractivity contribution in [1.29, 1.82) is 0 Å². The number of carbonyl (C=O) groups excluding carboxylic acids is 1. The Balaban J connectivity index is 0.000000174. The van der Waals surface area contributed by atoms with Gasteiger partial charge < -0.3 is 14.5 Å². The van der Waals surface area contributed by atoms with Gasteiger partial charge >= 0.3 is 0 Å². The molecule has 2 aromatic heterocycles. The Morgan fingerprint density at radius 1 is 1.24 bits per heavy atom. The lowest BCUT2D eigenvalue weighted by Crippen LogP contribution is -2.53. The maximum absolute atomic E-state index is 10.2. The van der Waals surface area contributed by atoms with Gasteiger partial charge in [0.15, 0.2) is 11.5 Å². The molecule has 0 unspecified atom stereocenters. The van der Waals surface area contributed by atoms with E-state index in [-0.39, 0.29) is 0 Å². The zero-order chi connectivity index (χ0) is 20.4. The van der Waals surface area contributed by atoms with Crippen LogP contribution in [0.2, 0.25) is 5.02 Å². The van der Waals surface area contributed by atoms with Crippen molar-refractivity contribution in [2.24, 2.45) is 5.41 Å². The summed E-state index contributed by atoms with van der Waals surface area (Å²) in [6, 6.07) is 9.55. The summed E-state index contributed by atoms with van der Waals surface area (Å²) in [5.41, 5.74) is 2.88. The van der Waals surface area contributed by atoms with Gasteiger partial charge in [0.1, 0.15) is 11.8 Å². The Morgan fingerprint density at radius 3 is 2.72 bits per heavy atom. The molecule has 6 nitrogen and oxygen atoms in total. The minimum Gasteiger partial charge on any atom is -0.481 e. The molecule has 5 rings (SSSR count). The fraction of sp³-hybridized carbons (Fsp3) is 0.409. The summed E-state index contributed by atoms with van der Waals surface area (Å²) >= 11 is 5.98. The van der Waals surface area contributed by atoms with Crippen LogP contribution >= 0.6 is 11.6 Å². The highest BCUT2D eigenvalue weighted by molar-refractivity contribution is 6.31. The van der Waals surface area contributed by atoms with Crippen LogP contribution in [0.15, 0.2) is 40.9 Å². The third-order valence-electron chi connectivity index (χ3n) is 5.95. The highest BCUT2D eigenvalue weighted by Crippen LogP contribution is 2.61. The molecule has 2 saturated carbocycles. The van der Waals surface area contributed by atoms with Gasteiger partial charge in [-0.15, -0.1) is 0 Å². The van der Waals surface area contributed by atoms with Gasteiger partial charge in [0.25, 0.3) is 0 Å². The predicted octanol–water partition coefficient (Wildman–Crippen LogP) is 4.63. The number of ether oxygens (including phenoxy) is 1. The van der Waals surface area contributed by atoms with Crippen molar-refractivity contribution in [2.45, 2.75) is 37.6 Å². The number of nitrogens with one attached hydrogen (secondary N) is 1. The summed E-state index contributed by atoms with van der Waals surface area (Å²) in [6.07, 6.45) is 7.36. The van der Waals surface area contributed by atoms with E-state index in [0.717, 1.165) is 29.3 Å². The van der Waals surface area contributed by atoms with E-state index in [0.29, 0.717) is 27.8 Å². The number of aldehydes is 1. The molecule has 152 valence electrons. The standard InChI is InChI=1S/C15H17ClN2O.C7H7NO2/c1-17-11-7-15(8-11)5-9(6-15)14-18-12-4-10(16)2-3-13(12)19-14;1-10-7-4-6(5-9)2-3-8-7/h2-4,9,11,17H,5-8H2,1H3;2-5H,1H3. The highest BCUT2D eigenvalue weighted by Gasteiger charge is 2.53. The van der Waals surface area contributed by atoms with Gasteiger partial charge in [-0.1, -0.05) is 11.6 Å². The Bertz CT molecular complexity index is 1010. The van der Waals surface area contributed by atoms with Gasteiger partial charge in [-0.3, -0.25) is 4.79 Å². The van der Waals surface area contributed by atoms with E-state index in [1.807, 2.05) is 18.2 Å². The van der Waals surface area contributed by atoms with Gasteiger partial charge in [-0.05, 0) is 62.4 Å². The van der Waals surface area contributed by atoms with Gasteiger partial charge in [0, 0.05) is 34.8 Å². The highest BCUT2D eigenvalue weighted by atomic mass is 35.5. The Kier molecular flexibility index (Phi) is 5.56. The van der Waals surface area contributed by atoms with Crippen LogP contribution in [0.1, 0.15) is 47.8 Å². The fourth-order valence-corrected chi connectivity index (χ4v) is 4.55. The molecule has 0 bridgehead atoms. The lowest BCUT2D eigenvalue weighted by Gasteiger charge is -2.57. The number of halogens is 1. The number of pyridine rings is 1. The van der Waals surface area contributed by atoms with Gasteiger partial charge in [-0.2, -0.15) is 0 Å². The molecule has 0 saturated heterocycles. The molecule has 0 radical (unpaired) electrons. The molecule has 2 aliphatic rings. The molecule has 2 fully saturated rings. The van der Waals surface area contributed by atoms with E-state index >= 15 is 0 Å². The van der Waals surface area contributed by atoms with Crippen molar-refractivity contribution in [3.8, 4) is 5.88 Å². The van der Waals surface area contributed by atoms with E-state index in [9.17, 15) is 4.79 Å². The second-order valence-corrected chi connectivity index (χ2v) is 8.35. The monoisotopic (exact) mass is 413 g/mol. The minimum atomic E-state index is 0.463. The Hall–Kier alpha value is -2.44. The van der Waals surface area contributed by atoms with Crippen LogP contribution in [0, 0.1) is 5.41 Å². The van der Waals surface area contributed by atoms with Crippen molar-refractivity contribution in [1.82, 2.24) is 15.3 Å². The maximum Gasteiger partial charge on any atom is 0.213 e. The fourth-order valence-electron chi connectivity index (χ4n) is 4.39. The number of nitrogens with zero attached hydrogens (tertiary/aromatic N) is 2. The zero-order valence-electron chi connectivity index (χ0n) is 16.5. The number of aromatic nitrogens is 2. The average Bonchev–Trinajstić information content (AvgIpc) is 3.09. The number of hydrogen-bond donors (Lipinski definition) is 1. The first kappa shape index (κ1) is 19.9. The molecule has 7 heteroatoms. The molecule has 2 heterocycles. The molecule has 0 amide bonds. The van der Waals surface area contributed by atoms with Crippen LogP contribution in [0.4, 0.5) is 0 Å². The van der Waals surface area contributed by atoms with E-state index in [4.69, 9.17) is 20.8 Å². The van der Waals surface area contributed by atoms with Crippen molar-refractivity contribution >= 4 is 29.0 Å². The van der Waals surface area contributed by atoms with Crippen molar-refractivity contribution in [2.75, 3.05) is 14.2 Å². The molecule has 3 aromatic rings. The summed E-state index contributed by atoms with van der Waals surface area (Å²) in [5, 5.41) is 4.07. The van der Waals surface area contributed by atoms with Crippen LogP contribution in [0.3, 0.4) is 0 Å². The molecular formula is C22H24ClN3O3. The normalized spacial score (nSPS) is 24.9. The van der Waals surface area contributed by atoms with Gasteiger partial charge in [-0.25, -0.2) is 9.97 Å². The minimum absolute atomic E-state index is 0.463. The second-order valence-electron chi connectivity index (χ2n) is 7.91. The van der Waals surface area contributed by atoms with Crippen LogP contribution < -0.4 is 10.1 Å². The molecule has 29 heavy (non-hydrogen) atoms. The molecule has 0 aliphatic heterocycles. The Morgan fingerprint density at radius 2 is 2.03 bits per heavy atom. The molecule has 1 aromatic carbocycles. The third kappa shape index (κ3) is 4.14. The smallest absolute Gasteiger partial charge is 0.213 e. The Labute approximate surface area is 174 Å². The summed E-state index contributed by atoms with van der Waals surface area (Å²) in [5.74, 6) is 1.87. The average molecular weight is 414 g/mol. The van der Waals surface area contributed by atoms with Crippen LogP contribution in [-0.2, 0) is 0 Å². The first-order valence-corrected chi connectivity index (χ1v) is 10.1. The number of fused-ring (bicyclic) bond motifs is 1. The van der Waals surface area contributed by atoms with Gasteiger partial charge in [0.05, 0.1) is 7.11 Å². The van der Waals surface area contributed by atoms with E-state index < -0.39 is 0 Å². The molecule has 0 atom stereocenters. The molecular weight excluding hydrogens is 390 g/mol.